The molecule has 44 heavy (non-hydrogen) atoms. The van der Waals surface area contributed by atoms with Crippen LogP contribution in [0.1, 0.15) is 47.2 Å². The predicted octanol–water partition coefficient (Wildman–Crippen LogP) is 4.82. The van der Waals surface area contributed by atoms with Gasteiger partial charge in [-0.2, -0.15) is 31.3 Å². The molecule has 5 N–H and O–H groups in total. The number of H-pyrrole nitrogens is 1. The van der Waals surface area contributed by atoms with E-state index in [2.05, 4.69) is 30.9 Å². The summed E-state index contributed by atoms with van der Waals surface area (Å²) >= 11 is 0. The maximum Gasteiger partial charge on any atom is 0.418 e. The summed E-state index contributed by atoms with van der Waals surface area (Å²) in [5.41, 5.74) is -1.89. The van der Waals surface area contributed by atoms with E-state index in [1.54, 1.807) is 0 Å². The minimum absolute atomic E-state index is 0.0274. The van der Waals surface area contributed by atoms with Crippen LogP contribution in [0.3, 0.4) is 0 Å². The molecule has 18 heteroatoms. The number of pyridine rings is 1. The average Bonchev–Trinajstić information content (AvgIpc) is 3.34. The van der Waals surface area contributed by atoms with Crippen molar-refractivity contribution in [3.63, 3.8) is 0 Å². The van der Waals surface area contributed by atoms with Crippen LogP contribution in [-0.2, 0) is 17.5 Å². The van der Waals surface area contributed by atoms with Crippen LogP contribution in [-0.4, -0.2) is 63.7 Å². The molecule has 1 aliphatic carbocycles. The second kappa shape index (κ2) is 13.2. The Morgan fingerprint density at radius 2 is 1.75 bits per heavy atom. The van der Waals surface area contributed by atoms with Crippen molar-refractivity contribution in [3.8, 4) is 5.88 Å². The molecule has 0 unspecified atom stereocenters. The van der Waals surface area contributed by atoms with Crippen molar-refractivity contribution >= 4 is 34.6 Å². The maximum absolute atomic E-state index is 13.7. The molecule has 2 heterocycles. The van der Waals surface area contributed by atoms with E-state index < -0.39 is 72.9 Å². The Bertz CT molecular complexity index is 1490. The zero-order valence-electron chi connectivity index (χ0n) is 22.6. The Kier molecular flexibility index (Phi) is 9.80. The minimum atomic E-state index is -4.81. The van der Waals surface area contributed by atoms with Gasteiger partial charge in [0.2, 0.25) is 17.7 Å². The number of hydrogen-bond donors (Lipinski definition) is 5. The van der Waals surface area contributed by atoms with Crippen LogP contribution in [0, 0.1) is 5.92 Å². The van der Waals surface area contributed by atoms with E-state index >= 15 is 0 Å². The summed E-state index contributed by atoms with van der Waals surface area (Å²) < 4.78 is 111. The van der Waals surface area contributed by atoms with Gasteiger partial charge in [0.25, 0.3) is 12.3 Å². The highest BCUT2D eigenvalue weighted by Gasteiger charge is 2.41. The first-order valence-corrected chi connectivity index (χ1v) is 13.2. The average molecular weight is 639 g/mol. The van der Waals surface area contributed by atoms with Crippen molar-refractivity contribution in [1.82, 2.24) is 25.6 Å². The third-order valence-corrected chi connectivity index (χ3v) is 6.83. The van der Waals surface area contributed by atoms with Gasteiger partial charge < -0.3 is 30.8 Å². The molecule has 3 aromatic rings. The van der Waals surface area contributed by atoms with Gasteiger partial charge in [-0.1, -0.05) is 6.07 Å². The first-order chi connectivity index (χ1) is 20.6. The monoisotopic (exact) mass is 638 g/mol. The highest BCUT2D eigenvalue weighted by molar-refractivity contribution is 5.99. The Morgan fingerprint density at radius 3 is 2.36 bits per heavy atom. The summed E-state index contributed by atoms with van der Waals surface area (Å²) in [5, 5.41) is 16.2. The van der Waals surface area contributed by atoms with E-state index in [0.717, 1.165) is 24.3 Å². The fourth-order valence-electron chi connectivity index (χ4n) is 4.66. The second-order valence-electron chi connectivity index (χ2n) is 10.00. The van der Waals surface area contributed by atoms with Gasteiger partial charge in [0, 0.05) is 12.6 Å². The maximum atomic E-state index is 13.7. The van der Waals surface area contributed by atoms with Gasteiger partial charge in [-0.3, -0.25) is 9.59 Å². The smallest absolute Gasteiger partial charge is 0.418 e. The highest BCUT2D eigenvalue weighted by atomic mass is 19.4. The Hall–Kier alpha value is -4.22. The molecule has 2 aromatic heterocycles. The lowest BCUT2D eigenvalue weighted by Gasteiger charge is -2.30. The number of nitrogens with zero attached hydrogens (tertiary/aromatic N) is 2. The van der Waals surface area contributed by atoms with Crippen molar-refractivity contribution in [2.75, 3.05) is 18.5 Å². The summed E-state index contributed by atoms with van der Waals surface area (Å²) in [6.45, 7) is -2.17. The van der Waals surface area contributed by atoms with E-state index in [4.69, 9.17) is 9.84 Å². The summed E-state index contributed by atoms with van der Waals surface area (Å²) in [4.78, 5) is 35.1. The van der Waals surface area contributed by atoms with Gasteiger partial charge in [0.05, 0.1) is 17.2 Å². The molecule has 240 valence electrons. The van der Waals surface area contributed by atoms with Crippen LogP contribution in [0.15, 0.2) is 24.3 Å². The quantitative estimate of drug-likeness (QED) is 0.201. The Morgan fingerprint density at radius 1 is 1.05 bits per heavy atom. The largest absolute Gasteiger partial charge is 0.471 e. The van der Waals surface area contributed by atoms with Crippen molar-refractivity contribution < 1.29 is 54.6 Å². The number of carbonyl (C=O) groups excluding carboxylic acids is 2. The van der Waals surface area contributed by atoms with Gasteiger partial charge in [-0.15, -0.1) is 0 Å². The van der Waals surface area contributed by atoms with Crippen LogP contribution in [0.2, 0.25) is 0 Å². The van der Waals surface area contributed by atoms with Gasteiger partial charge >= 0.3 is 12.4 Å². The number of benzene rings is 1. The van der Waals surface area contributed by atoms with Crippen LogP contribution in [0.5, 0.6) is 5.88 Å². The molecule has 1 fully saturated rings. The predicted molar refractivity (Wildman–Crippen MR) is 138 cm³/mol. The highest BCUT2D eigenvalue weighted by Crippen LogP contribution is 2.38. The molecular formula is C26H26F8N6O4. The molecule has 1 saturated carbocycles. The van der Waals surface area contributed by atoms with Gasteiger partial charge in [0.15, 0.2) is 12.3 Å². The number of imidazole rings is 1. The normalized spacial score (nSPS) is 17.5. The lowest BCUT2D eigenvalue weighted by molar-refractivity contribution is -0.182. The van der Waals surface area contributed by atoms with E-state index in [9.17, 15) is 44.7 Å². The number of aliphatic hydroxyl groups excluding tert-OH is 1. The third kappa shape index (κ3) is 8.23. The van der Waals surface area contributed by atoms with Crippen molar-refractivity contribution in [2.24, 2.45) is 5.92 Å². The van der Waals surface area contributed by atoms with Crippen molar-refractivity contribution in [1.29, 1.82) is 0 Å². The number of rotatable bonds is 10. The first kappa shape index (κ1) is 32.7. The number of anilines is 2. The fraction of sp³-hybridized carbons (Fsp3) is 0.462. The molecule has 0 saturated heterocycles. The van der Waals surface area contributed by atoms with Gasteiger partial charge in [-0.25, -0.2) is 13.8 Å². The third-order valence-electron chi connectivity index (χ3n) is 6.83. The standard InChI is InChI=1S/C26H26F8N6O4/c27-19(28)11-44-23-15(22(43)36-14-4-2-13(3-5-14)25(29,30)31)8-18-21(39-23)40-24(38-18)37-17-7-12(9-35-20(42)10-41)1-6-16(17)26(32,33)34/h1,6-8,13-14,19,41H,2-5,9-11H2,(H,35,42)(H,36,43)(H2,37,38,39,40)/t13-,14-. The van der Waals surface area contributed by atoms with E-state index in [0.29, 0.717) is 0 Å². The zero-order valence-corrected chi connectivity index (χ0v) is 22.6. The molecule has 10 nitrogen and oxygen atoms in total. The lowest BCUT2D eigenvalue weighted by Crippen LogP contribution is -2.40. The number of fused-ring (bicyclic) bond motifs is 1. The van der Waals surface area contributed by atoms with Crippen molar-refractivity contribution in [3.05, 3.63) is 41.0 Å². The molecule has 1 aromatic carbocycles. The first-order valence-electron chi connectivity index (χ1n) is 13.2. The number of alkyl halides is 8. The summed E-state index contributed by atoms with van der Waals surface area (Å²) in [6.07, 6.45) is -12.5. The lowest BCUT2D eigenvalue weighted by atomic mass is 9.85. The van der Waals surface area contributed by atoms with Gasteiger partial charge in [0.1, 0.15) is 17.7 Å². The number of amides is 2. The molecule has 2 amide bonds. The molecule has 0 spiro atoms. The van der Waals surface area contributed by atoms with Crippen molar-refractivity contribution in [2.45, 2.75) is 57.0 Å². The molecule has 4 rings (SSSR count). The number of aromatic nitrogens is 3. The molecular weight excluding hydrogens is 612 g/mol. The minimum Gasteiger partial charge on any atom is -0.471 e. The molecule has 0 radical (unpaired) electrons. The number of hydrogen-bond acceptors (Lipinski definition) is 7. The fourth-order valence-corrected chi connectivity index (χ4v) is 4.66. The number of carbonyl (C=O) groups is 2. The Labute approximate surface area is 243 Å². The molecule has 0 atom stereocenters. The van der Waals surface area contributed by atoms with E-state index in [-0.39, 0.29) is 60.5 Å². The SMILES string of the molecule is O=C(CO)NCc1ccc(C(F)(F)F)c(Nc2nc3cc(C(=O)N[C@H]4CC[C@H](C(F)(F)F)CC4)c(OCC(F)F)nc3[nH]2)c1. The van der Waals surface area contributed by atoms with Crippen LogP contribution < -0.4 is 20.7 Å². The number of halogens is 8. The summed E-state index contributed by atoms with van der Waals surface area (Å²) in [7, 11) is 0. The molecule has 0 aliphatic heterocycles. The topological polar surface area (TPSA) is 141 Å². The van der Waals surface area contributed by atoms with Crippen LogP contribution in [0.4, 0.5) is 46.8 Å². The number of aliphatic hydroxyl groups is 1. The van der Waals surface area contributed by atoms with Crippen LogP contribution >= 0.6 is 0 Å². The summed E-state index contributed by atoms with van der Waals surface area (Å²) in [6, 6.07) is 3.45. The van der Waals surface area contributed by atoms with Crippen LogP contribution in [0.25, 0.3) is 11.2 Å². The Balaban J connectivity index is 1.60. The van der Waals surface area contributed by atoms with E-state index in [1.165, 1.54) is 0 Å². The number of nitrogens with one attached hydrogen (secondary N) is 4. The zero-order chi connectivity index (χ0) is 32.2. The van der Waals surface area contributed by atoms with Gasteiger partial charge in [-0.05, 0) is 49.4 Å². The molecule has 1 aliphatic rings. The molecule has 0 bridgehead atoms. The number of aromatic amines is 1. The summed E-state index contributed by atoms with van der Waals surface area (Å²) in [5.74, 6) is -3.94. The second-order valence-corrected chi connectivity index (χ2v) is 10.00. The van der Waals surface area contributed by atoms with E-state index in [1.807, 2.05) is 0 Å². The number of ether oxygens (including phenoxy) is 1.